The summed E-state index contributed by atoms with van der Waals surface area (Å²) in [6.07, 6.45) is 1.23. The van der Waals surface area contributed by atoms with Crippen molar-refractivity contribution in [1.29, 1.82) is 0 Å². The molecule has 19 heavy (non-hydrogen) atoms. The molecule has 0 spiro atoms. The number of benzene rings is 1. The topological polar surface area (TPSA) is 77.8 Å². The van der Waals surface area contributed by atoms with Crippen LogP contribution < -0.4 is 16.4 Å². The Morgan fingerprint density at radius 1 is 1.21 bits per heavy atom. The van der Waals surface area contributed by atoms with Gasteiger partial charge in [0.25, 0.3) is 0 Å². The standard InChI is InChI=1S/C14H17N3O2/c1-7-5-9(7)12(15-2)8-3-4-10-11(6-8)17-14(19)13(18)16-10/h3-4,6-7,9,12,15H,5H2,1-2H3,(H,16,18)(H,17,19). The fraction of sp³-hybridized carbons (Fsp3) is 0.429. The van der Waals surface area contributed by atoms with Crippen molar-refractivity contribution < 1.29 is 0 Å². The molecule has 3 unspecified atom stereocenters. The van der Waals surface area contributed by atoms with Crippen LogP contribution in [-0.2, 0) is 0 Å². The molecule has 100 valence electrons. The third-order valence-electron chi connectivity index (χ3n) is 4.02. The van der Waals surface area contributed by atoms with Crippen molar-refractivity contribution in [2.24, 2.45) is 11.8 Å². The Hall–Kier alpha value is -1.88. The van der Waals surface area contributed by atoms with Crippen molar-refractivity contribution in [3.63, 3.8) is 0 Å². The third kappa shape index (κ3) is 2.10. The lowest BCUT2D eigenvalue weighted by atomic mass is 10.0. The van der Waals surface area contributed by atoms with Gasteiger partial charge in [-0.25, -0.2) is 0 Å². The Bertz CT molecular complexity index is 731. The number of aromatic amines is 2. The van der Waals surface area contributed by atoms with Crippen LogP contribution in [0.5, 0.6) is 0 Å². The van der Waals surface area contributed by atoms with E-state index in [-0.39, 0.29) is 0 Å². The monoisotopic (exact) mass is 259 g/mol. The van der Waals surface area contributed by atoms with E-state index in [9.17, 15) is 9.59 Å². The number of hydrogen-bond donors (Lipinski definition) is 3. The average molecular weight is 259 g/mol. The van der Waals surface area contributed by atoms with Gasteiger partial charge in [-0.2, -0.15) is 0 Å². The van der Waals surface area contributed by atoms with E-state index in [1.807, 2.05) is 25.2 Å². The van der Waals surface area contributed by atoms with Crippen LogP contribution in [0, 0.1) is 11.8 Å². The van der Waals surface area contributed by atoms with Gasteiger partial charge in [0, 0.05) is 6.04 Å². The number of fused-ring (bicyclic) bond motifs is 1. The summed E-state index contributed by atoms with van der Waals surface area (Å²) in [6, 6.07) is 6.09. The summed E-state index contributed by atoms with van der Waals surface area (Å²) in [5.41, 5.74) is 1.27. The summed E-state index contributed by atoms with van der Waals surface area (Å²) in [5, 5.41) is 3.34. The van der Waals surface area contributed by atoms with Crippen LogP contribution >= 0.6 is 0 Å². The lowest BCUT2D eigenvalue weighted by Crippen LogP contribution is -2.29. The summed E-state index contributed by atoms with van der Waals surface area (Å²) in [7, 11) is 1.95. The lowest BCUT2D eigenvalue weighted by molar-refractivity contribution is 0.504. The van der Waals surface area contributed by atoms with Gasteiger partial charge in [0.05, 0.1) is 11.0 Å². The first-order chi connectivity index (χ1) is 9.10. The molecule has 2 aromatic rings. The zero-order valence-corrected chi connectivity index (χ0v) is 11.0. The maximum Gasteiger partial charge on any atom is 0.314 e. The van der Waals surface area contributed by atoms with Crippen molar-refractivity contribution in [3.8, 4) is 0 Å². The van der Waals surface area contributed by atoms with Gasteiger partial charge in [0.2, 0.25) is 0 Å². The summed E-state index contributed by atoms with van der Waals surface area (Å²) < 4.78 is 0. The molecule has 1 fully saturated rings. The van der Waals surface area contributed by atoms with Crippen molar-refractivity contribution in [2.45, 2.75) is 19.4 Å². The highest BCUT2D eigenvalue weighted by molar-refractivity contribution is 5.74. The van der Waals surface area contributed by atoms with Crippen LogP contribution in [0.4, 0.5) is 0 Å². The van der Waals surface area contributed by atoms with Crippen LogP contribution in [0.25, 0.3) is 11.0 Å². The normalized spacial score (nSPS) is 23.5. The Balaban J connectivity index is 2.08. The van der Waals surface area contributed by atoms with E-state index in [0.717, 1.165) is 11.5 Å². The summed E-state index contributed by atoms with van der Waals surface area (Å²) >= 11 is 0. The van der Waals surface area contributed by atoms with Crippen molar-refractivity contribution in [2.75, 3.05) is 7.05 Å². The minimum atomic E-state index is -0.610. The maximum atomic E-state index is 11.4. The van der Waals surface area contributed by atoms with Crippen LogP contribution in [0.3, 0.4) is 0 Å². The fourth-order valence-electron chi connectivity index (χ4n) is 2.77. The van der Waals surface area contributed by atoms with Gasteiger partial charge in [-0.05, 0) is 43.0 Å². The molecule has 0 radical (unpaired) electrons. The van der Waals surface area contributed by atoms with E-state index in [0.29, 0.717) is 23.0 Å². The van der Waals surface area contributed by atoms with Crippen molar-refractivity contribution >= 4 is 11.0 Å². The minimum absolute atomic E-state index is 0.301. The van der Waals surface area contributed by atoms with Crippen LogP contribution in [0.15, 0.2) is 27.8 Å². The second kappa shape index (κ2) is 4.35. The van der Waals surface area contributed by atoms with E-state index in [1.54, 1.807) is 0 Å². The molecular weight excluding hydrogens is 242 g/mol. The average Bonchev–Trinajstić information content (AvgIpc) is 3.09. The van der Waals surface area contributed by atoms with Gasteiger partial charge in [-0.3, -0.25) is 9.59 Å². The van der Waals surface area contributed by atoms with Gasteiger partial charge >= 0.3 is 11.1 Å². The summed E-state index contributed by atoms with van der Waals surface area (Å²) in [5.74, 6) is 1.39. The van der Waals surface area contributed by atoms with E-state index >= 15 is 0 Å². The summed E-state index contributed by atoms with van der Waals surface area (Å²) in [4.78, 5) is 27.8. The number of hydrogen-bond acceptors (Lipinski definition) is 3. The van der Waals surface area contributed by atoms with Gasteiger partial charge in [-0.1, -0.05) is 13.0 Å². The molecule has 1 aliphatic rings. The smallest absolute Gasteiger partial charge is 0.314 e. The Kier molecular flexibility index (Phi) is 2.78. The Morgan fingerprint density at radius 3 is 2.42 bits per heavy atom. The molecule has 0 saturated heterocycles. The molecular formula is C14H17N3O2. The van der Waals surface area contributed by atoms with E-state index in [2.05, 4.69) is 22.2 Å². The second-order valence-corrected chi connectivity index (χ2v) is 5.36. The highest BCUT2D eigenvalue weighted by atomic mass is 16.2. The predicted octanol–water partition coefficient (Wildman–Crippen LogP) is 1.13. The maximum absolute atomic E-state index is 11.4. The molecule has 3 atom stereocenters. The fourth-order valence-corrected chi connectivity index (χ4v) is 2.77. The molecule has 1 aromatic carbocycles. The number of aromatic nitrogens is 2. The molecule has 0 aliphatic heterocycles. The Labute approximate surface area is 110 Å². The van der Waals surface area contributed by atoms with Gasteiger partial charge in [0.15, 0.2) is 0 Å². The van der Waals surface area contributed by atoms with Crippen molar-refractivity contribution in [1.82, 2.24) is 15.3 Å². The van der Waals surface area contributed by atoms with Crippen molar-refractivity contribution in [3.05, 3.63) is 44.5 Å². The third-order valence-corrected chi connectivity index (χ3v) is 4.02. The predicted molar refractivity (Wildman–Crippen MR) is 74.3 cm³/mol. The molecule has 3 N–H and O–H groups in total. The zero-order valence-electron chi connectivity index (χ0n) is 11.0. The molecule has 3 rings (SSSR count). The highest BCUT2D eigenvalue weighted by Crippen LogP contribution is 2.46. The first-order valence-corrected chi connectivity index (χ1v) is 6.53. The van der Waals surface area contributed by atoms with E-state index < -0.39 is 11.1 Å². The quantitative estimate of drug-likeness (QED) is 0.723. The Morgan fingerprint density at radius 2 is 1.84 bits per heavy atom. The van der Waals surface area contributed by atoms with E-state index in [4.69, 9.17) is 0 Å². The second-order valence-electron chi connectivity index (χ2n) is 5.36. The first kappa shape index (κ1) is 12.2. The zero-order chi connectivity index (χ0) is 13.6. The number of H-pyrrole nitrogens is 2. The largest absolute Gasteiger partial charge is 0.316 e. The number of rotatable bonds is 3. The molecule has 1 heterocycles. The molecule has 0 amide bonds. The van der Waals surface area contributed by atoms with Crippen LogP contribution in [0.2, 0.25) is 0 Å². The molecule has 1 aliphatic carbocycles. The SMILES string of the molecule is CNC(c1ccc2[nH]c(=O)c(=O)[nH]c2c1)C1CC1C. The molecule has 1 saturated carbocycles. The molecule has 5 heteroatoms. The van der Waals surface area contributed by atoms with Gasteiger partial charge in [0.1, 0.15) is 0 Å². The van der Waals surface area contributed by atoms with Gasteiger partial charge < -0.3 is 15.3 Å². The first-order valence-electron chi connectivity index (χ1n) is 6.53. The van der Waals surface area contributed by atoms with Crippen LogP contribution in [-0.4, -0.2) is 17.0 Å². The lowest BCUT2D eigenvalue weighted by Gasteiger charge is -2.16. The molecule has 5 nitrogen and oxygen atoms in total. The highest BCUT2D eigenvalue weighted by Gasteiger charge is 2.39. The van der Waals surface area contributed by atoms with E-state index in [1.165, 1.54) is 6.42 Å². The number of nitrogens with one attached hydrogen (secondary N) is 3. The van der Waals surface area contributed by atoms with Gasteiger partial charge in [-0.15, -0.1) is 0 Å². The molecule has 0 bridgehead atoms. The van der Waals surface area contributed by atoms with Crippen LogP contribution in [0.1, 0.15) is 24.9 Å². The molecule has 1 aromatic heterocycles. The minimum Gasteiger partial charge on any atom is -0.316 e. The summed E-state index contributed by atoms with van der Waals surface area (Å²) in [6.45, 7) is 2.25.